The van der Waals surface area contributed by atoms with E-state index in [0.717, 1.165) is 25.8 Å². The van der Waals surface area contributed by atoms with Crippen molar-refractivity contribution in [1.29, 1.82) is 0 Å². The molecule has 1 aromatic rings. The molecule has 3 heterocycles. The topological polar surface area (TPSA) is 64.8 Å². The Morgan fingerprint density at radius 2 is 2.57 bits per heavy atom. The minimum atomic E-state index is -0.278. The van der Waals surface area contributed by atoms with Gasteiger partial charge in [0.05, 0.1) is 37.7 Å². The standard InChI is InChI=1S/C15H20N2O4/c1-2-8-19-12-9-15(20-10-12)5-3-7-17(11-15)14(18)13-4-6-16-21-13/h2,4,6,12H,1,3,5,7-11H2/t12-,15+/m1/s1. The molecule has 0 aromatic carbocycles. The van der Waals surface area contributed by atoms with Gasteiger partial charge >= 0.3 is 0 Å². The van der Waals surface area contributed by atoms with E-state index in [1.54, 1.807) is 17.0 Å². The van der Waals surface area contributed by atoms with Gasteiger partial charge in [-0.2, -0.15) is 0 Å². The highest BCUT2D eigenvalue weighted by molar-refractivity contribution is 5.91. The Morgan fingerprint density at radius 3 is 3.33 bits per heavy atom. The van der Waals surface area contributed by atoms with Crippen LogP contribution in [0.25, 0.3) is 0 Å². The van der Waals surface area contributed by atoms with Crippen LogP contribution < -0.4 is 0 Å². The first kappa shape index (κ1) is 14.3. The van der Waals surface area contributed by atoms with Crippen molar-refractivity contribution in [2.24, 2.45) is 0 Å². The molecule has 2 aliphatic rings. The zero-order chi connectivity index (χ0) is 14.7. The lowest BCUT2D eigenvalue weighted by molar-refractivity contribution is -0.0467. The number of rotatable bonds is 4. The summed E-state index contributed by atoms with van der Waals surface area (Å²) in [5, 5.41) is 3.59. The maximum absolute atomic E-state index is 12.3. The largest absolute Gasteiger partial charge is 0.372 e. The first-order valence-corrected chi connectivity index (χ1v) is 7.29. The molecule has 1 spiro atoms. The van der Waals surface area contributed by atoms with Crippen LogP contribution in [-0.2, 0) is 9.47 Å². The van der Waals surface area contributed by atoms with E-state index in [2.05, 4.69) is 11.7 Å². The lowest BCUT2D eigenvalue weighted by atomic mass is 9.89. The zero-order valence-corrected chi connectivity index (χ0v) is 12.0. The molecular weight excluding hydrogens is 272 g/mol. The maximum atomic E-state index is 12.3. The summed E-state index contributed by atoms with van der Waals surface area (Å²) in [6.45, 7) is 6.08. The third-order valence-corrected chi connectivity index (χ3v) is 4.10. The zero-order valence-electron chi connectivity index (χ0n) is 12.0. The molecule has 1 amide bonds. The van der Waals surface area contributed by atoms with Gasteiger partial charge in [-0.25, -0.2) is 0 Å². The van der Waals surface area contributed by atoms with Crippen molar-refractivity contribution in [3.63, 3.8) is 0 Å². The van der Waals surface area contributed by atoms with Crippen LogP contribution in [0.1, 0.15) is 29.8 Å². The third kappa shape index (κ3) is 3.01. The van der Waals surface area contributed by atoms with E-state index in [1.807, 2.05) is 0 Å². The van der Waals surface area contributed by atoms with E-state index in [9.17, 15) is 4.79 Å². The molecule has 2 fully saturated rings. The fourth-order valence-electron chi connectivity index (χ4n) is 3.15. The number of aromatic nitrogens is 1. The highest BCUT2D eigenvalue weighted by Gasteiger charge is 2.45. The van der Waals surface area contributed by atoms with Gasteiger partial charge < -0.3 is 18.9 Å². The van der Waals surface area contributed by atoms with Gasteiger partial charge in [0.1, 0.15) is 0 Å². The second-order valence-electron chi connectivity index (χ2n) is 5.65. The van der Waals surface area contributed by atoms with E-state index in [1.165, 1.54) is 6.20 Å². The molecule has 0 N–H and O–H groups in total. The van der Waals surface area contributed by atoms with Crippen molar-refractivity contribution in [3.05, 3.63) is 30.7 Å². The minimum Gasteiger partial charge on any atom is -0.372 e. The monoisotopic (exact) mass is 292 g/mol. The van der Waals surface area contributed by atoms with Gasteiger partial charge in [-0.05, 0) is 12.8 Å². The summed E-state index contributed by atoms with van der Waals surface area (Å²) >= 11 is 0. The van der Waals surface area contributed by atoms with E-state index >= 15 is 0 Å². The van der Waals surface area contributed by atoms with E-state index < -0.39 is 0 Å². The van der Waals surface area contributed by atoms with Gasteiger partial charge in [-0.15, -0.1) is 6.58 Å². The Hall–Kier alpha value is -1.66. The maximum Gasteiger partial charge on any atom is 0.292 e. The molecule has 0 bridgehead atoms. The number of nitrogens with zero attached hydrogens (tertiary/aromatic N) is 2. The first-order valence-electron chi connectivity index (χ1n) is 7.29. The lowest BCUT2D eigenvalue weighted by Crippen LogP contribution is -2.50. The summed E-state index contributed by atoms with van der Waals surface area (Å²) in [6, 6.07) is 1.59. The molecule has 0 radical (unpaired) electrons. The van der Waals surface area contributed by atoms with Crippen molar-refractivity contribution in [1.82, 2.24) is 10.1 Å². The van der Waals surface area contributed by atoms with Crippen LogP contribution in [0.2, 0.25) is 0 Å². The number of ether oxygens (including phenoxy) is 2. The number of hydrogen-bond acceptors (Lipinski definition) is 5. The van der Waals surface area contributed by atoms with Crippen molar-refractivity contribution in [3.8, 4) is 0 Å². The van der Waals surface area contributed by atoms with Crippen LogP contribution in [-0.4, -0.2) is 54.0 Å². The van der Waals surface area contributed by atoms with Crippen molar-refractivity contribution in [2.75, 3.05) is 26.3 Å². The van der Waals surface area contributed by atoms with Crippen LogP contribution in [0.15, 0.2) is 29.4 Å². The molecule has 0 saturated carbocycles. The van der Waals surface area contributed by atoms with Crippen LogP contribution in [0, 0.1) is 0 Å². The molecule has 6 heteroatoms. The predicted molar refractivity (Wildman–Crippen MR) is 74.9 cm³/mol. The van der Waals surface area contributed by atoms with Crippen molar-refractivity contribution >= 4 is 5.91 Å². The average molecular weight is 292 g/mol. The molecule has 21 heavy (non-hydrogen) atoms. The van der Waals surface area contributed by atoms with Crippen LogP contribution in [0.4, 0.5) is 0 Å². The lowest BCUT2D eigenvalue weighted by Gasteiger charge is -2.39. The summed E-state index contributed by atoms with van der Waals surface area (Å²) < 4.78 is 16.6. The minimum absolute atomic E-state index is 0.0864. The summed E-state index contributed by atoms with van der Waals surface area (Å²) in [6.07, 6.45) is 6.02. The van der Waals surface area contributed by atoms with Gasteiger partial charge in [-0.3, -0.25) is 4.79 Å². The van der Waals surface area contributed by atoms with Gasteiger partial charge in [0.15, 0.2) is 0 Å². The van der Waals surface area contributed by atoms with E-state index in [0.29, 0.717) is 19.8 Å². The average Bonchev–Trinajstić information content (AvgIpc) is 3.15. The molecule has 2 saturated heterocycles. The molecule has 2 aliphatic heterocycles. The second kappa shape index (κ2) is 5.99. The molecule has 1 aromatic heterocycles. The number of hydrogen-bond donors (Lipinski definition) is 0. The number of piperidine rings is 1. The number of amides is 1. The van der Waals surface area contributed by atoms with E-state index in [4.69, 9.17) is 14.0 Å². The summed E-state index contributed by atoms with van der Waals surface area (Å²) in [5.74, 6) is 0.162. The van der Waals surface area contributed by atoms with Gasteiger partial charge in [0.25, 0.3) is 5.91 Å². The summed E-state index contributed by atoms with van der Waals surface area (Å²) in [4.78, 5) is 14.1. The highest BCUT2D eigenvalue weighted by atomic mass is 16.6. The van der Waals surface area contributed by atoms with Gasteiger partial charge in [0, 0.05) is 19.0 Å². The third-order valence-electron chi connectivity index (χ3n) is 4.10. The number of carbonyl (C=O) groups is 1. The van der Waals surface area contributed by atoms with Gasteiger partial charge in [0.2, 0.25) is 5.76 Å². The Labute approximate surface area is 123 Å². The summed E-state index contributed by atoms with van der Waals surface area (Å²) in [5.41, 5.74) is -0.278. The second-order valence-corrected chi connectivity index (χ2v) is 5.65. The normalized spacial score (nSPS) is 29.0. The molecule has 2 atom stereocenters. The number of likely N-dealkylation sites (tertiary alicyclic amines) is 1. The molecular formula is C15H20N2O4. The Kier molecular flexibility index (Phi) is 4.07. The van der Waals surface area contributed by atoms with Crippen molar-refractivity contribution < 1.29 is 18.8 Å². The molecule has 114 valence electrons. The molecule has 0 unspecified atom stereocenters. The van der Waals surface area contributed by atoms with Gasteiger partial charge in [-0.1, -0.05) is 11.2 Å². The Morgan fingerprint density at radius 1 is 1.67 bits per heavy atom. The van der Waals surface area contributed by atoms with Crippen molar-refractivity contribution in [2.45, 2.75) is 31.0 Å². The summed E-state index contributed by atoms with van der Waals surface area (Å²) in [7, 11) is 0. The molecule has 0 aliphatic carbocycles. The molecule has 3 rings (SSSR count). The first-order chi connectivity index (χ1) is 10.2. The Bertz CT molecular complexity index is 502. The fraction of sp³-hybridized carbons (Fsp3) is 0.600. The van der Waals surface area contributed by atoms with Crippen LogP contribution in [0.3, 0.4) is 0 Å². The fourth-order valence-corrected chi connectivity index (χ4v) is 3.15. The van der Waals surface area contributed by atoms with Crippen LogP contribution >= 0.6 is 0 Å². The smallest absolute Gasteiger partial charge is 0.292 e. The SMILES string of the molecule is C=CCO[C@H]1CO[C@@]2(CCCN(C(=O)c3ccno3)C2)C1. The van der Waals surface area contributed by atoms with Crippen LogP contribution in [0.5, 0.6) is 0 Å². The Balaban J connectivity index is 1.63. The number of carbonyl (C=O) groups excluding carboxylic acids is 1. The highest BCUT2D eigenvalue weighted by Crippen LogP contribution is 2.36. The predicted octanol–water partition coefficient (Wildman–Crippen LogP) is 1.64. The quantitative estimate of drug-likeness (QED) is 0.789. The van der Waals surface area contributed by atoms with E-state index in [-0.39, 0.29) is 23.4 Å². The molecule has 6 nitrogen and oxygen atoms in total.